The third kappa shape index (κ3) is 4.04. The normalized spacial score (nSPS) is 20.2. The molecule has 1 N–H and O–H groups in total. The summed E-state index contributed by atoms with van der Waals surface area (Å²) in [4.78, 5) is 25.4. The Bertz CT molecular complexity index is 533. The lowest BCUT2D eigenvalue weighted by molar-refractivity contribution is -0.148. The molecular formula is C16H21FN2O3. The number of esters is 1. The van der Waals surface area contributed by atoms with E-state index in [0.29, 0.717) is 12.1 Å². The van der Waals surface area contributed by atoms with E-state index in [1.54, 1.807) is 12.1 Å². The van der Waals surface area contributed by atoms with Crippen LogP contribution in [0.5, 0.6) is 0 Å². The summed E-state index contributed by atoms with van der Waals surface area (Å²) in [6, 6.07) is 5.29. The van der Waals surface area contributed by atoms with Crippen molar-refractivity contribution in [3.63, 3.8) is 0 Å². The zero-order valence-electron chi connectivity index (χ0n) is 12.8. The molecule has 0 spiro atoms. The molecule has 22 heavy (non-hydrogen) atoms. The van der Waals surface area contributed by atoms with Gasteiger partial charge in [0.15, 0.2) is 0 Å². The predicted molar refractivity (Wildman–Crippen MR) is 79.6 cm³/mol. The SMILES string of the molecule is COC(=O)[C@@H](c1ccc(F)cc1)N1CCC[C@H](NC(C)=O)C1. The highest BCUT2D eigenvalue weighted by Crippen LogP contribution is 2.26. The van der Waals surface area contributed by atoms with E-state index in [-0.39, 0.29) is 23.7 Å². The summed E-state index contributed by atoms with van der Waals surface area (Å²) in [6.07, 6.45) is 1.76. The maximum Gasteiger partial charge on any atom is 0.327 e. The third-order valence-electron chi connectivity index (χ3n) is 3.84. The van der Waals surface area contributed by atoms with E-state index in [0.717, 1.165) is 19.4 Å². The number of amides is 1. The van der Waals surface area contributed by atoms with E-state index in [1.165, 1.54) is 26.2 Å². The Labute approximate surface area is 129 Å². The first kappa shape index (κ1) is 16.4. The smallest absolute Gasteiger partial charge is 0.327 e. The molecule has 5 nitrogen and oxygen atoms in total. The van der Waals surface area contributed by atoms with Crippen LogP contribution in [0.15, 0.2) is 24.3 Å². The van der Waals surface area contributed by atoms with Crippen molar-refractivity contribution < 1.29 is 18.7 Å². The quantitative estimate of drug-likeness (QED) is 0.859. The first-order valence-electron chi connectivity index (χ1n) is 7.35. The van der Waals surface area contributed by atoms with Gasteiger partial charge in [0.25, 0.3) is 0 Å². The van der Waals surface area contributed by atoms with Gasteiger partial charge in [-0.2, -0.15) is 0 Å². The summed E-state index contributed by atoms with van der Waals surface area (Å²) in [7, 11) is 1.34. The molecule has 0 radical (unpaired) electrons. The van der Waals surface area contributed by atoms with Crippen LogP contribution in [-0.4, -0.2) is 43.0 Å². The molecule has 1 aromatic rings. The molecule has 1 aliphatic heterocycles. The van der Waals surface area contributed by atoms with Gasteiger partial charge in [-0.05, 0) is 37.1 Å². The lowest BCUT2D eigenvalue weighted by Crippen LogP contribution is -2.49. The number of piperidine rings is 1. The fraction of sp³-hybridized carbons (Fsp3) is 0.500. The van der Waals surface area contributed by atoms with Gasteiger partial charge < -0.3 is 10.1 Å². The van der Waals surface area contributed by atoms with Crippen LogP contribution in [0.4, 0.5) is 4.39 Å². The van der Waals surface area contributed by atoms with Crippen LogP contribution in [0.3, 0.4) is 0 Å². The average molecular weight is 308 g/mol. The second-order valence-electron chi connectivity index (χ2n) is 5.51. The molecule has 1 amide bonds. The molecule has 0 saturated carbocycles. The Hall–Kier alpha value is -1.95. The van der Waals surface area contributed by atoms with Crippen molar-refractivity contribution >= 4 is 11.9 Å². The zero-order chi connectivity index (χ0) is 16.1. The van der Waals surface area contributed by atoms with Gasteiger partial charge >= 0.3 is 5.97 Å². The number of halogens is 1. The largest absolute Gasteiger partial charge is 0.468 e. The van der Waals surface area contributed by atoms with Crippen LogP contribution in [0.25, 0.3) is 0 Å². The maximum absolute atomic E-state index is 13.1. The molecular weight excluding hydrogens is 287 g/mol. The van der Waals surface area contributed by atoms with Crippen molar-refractivity contribution in [2.24, 2.45) is 0 Å². The van der Waals surface area contributed by atoms with Crippen LogP contribution in [-0.2, 0) is 14.3 Å². The highest BCUT2D eigenvalue weighted by molar-refractivity contribution is 5.77. The number of carbonyl (C=O) groups is 2. The van der Waals surface area contributed by atoms with Crippen molar-refractivity contribution in [3.05, 3.63) is 35.6 Å². The minimum absolute atomic E-state index is 0.0128. The highest BCUT2D eigenvalue weighted by atomic mass is 19.1. The van der Waals surface area contributed by atoms with E-state index in [2.05, 4.69) is 5.32 Å². The molecule has 2 rings (SSSR count). The molecule has 1 aliphatic rings. The molecule has 0 aliphatic carbocycles. The minimum Gasteiger partial charge on any atom is -0.468 e. The summed E-state index contributed by atoms with van der Waals surface area (Å²) in [6.45, 7) is 2.78. The summed E-state index contributed by atoms with van der Waals surface area (Å²) in [5.41, 5.74) is 0.691. The number of ether oxygens (including phenoxy) is 1. The van der Waals surface area contributed by atoms with Crippen molar-refractivity contribution in [3.8, 4) is 0 Å². The Morgan fingerprint density at radius 2 is 2.05 bits per heavy atom. The lowest BCUT2D eigenvalue weighted by atomic mass is 9.99. The predicted octanol–water partition coefficient (Wildman–Crippen LogP) is 1.64. The van der Waals surface area contributed by atoms with Crippen LogP contribution in [0, 0.1) is 5.82 Å². The first-order chi connectivity index (χ1) is 10.5. The Kier molecular flexibility index (Phi) is 5.49. The minimum atomic E-state index is -0.581. The molecule has 1 aromatic carbocycles. The summed E-state index contributed by atoms with van der Waals surface area (Å²) in [5, 5.41) is 2.89. The second kappa shape index (κ2) is 7.35. The van der Waals surface area contributed by atoms with E-state index in [9.17, 15) is 14.0 Å². The number of methoxy groups -OCH3 is 1. The molecule has 120 valence electrons. The molecule has 1 saturated heterocycles. The highest BCUT2D eigenvalue weighted by Gasteiger charge is 2.32. The van der Waals surface area contributed by atoms with E-state index >= 15 is 0 Å². The Morgan fingerprint density at radius 3 is 2.64 bits per heavy atom. The standard InChI is InChI=1S/C16H21FN2O3/c1-11(20)18-14-4-3-9-19(10-14)15(16(21)22-2)12-5-7-13(17)8-6-12/h5-8,14-15H,3-4,9-10H2,1-2H3,(H,18,20)/t14-,15+/m0/s1. The van der Waals surface area contributed by atoms with Gasteiger partial charge in [0.2, 0.25) is 5.91 Å². The molecule has 0 unspecified atom stereocenters. The maximum atomic E-state index is 13.1. The van der Waals surface area contributed by atoms with Gasteiger partial charge in [0.1, 0.15) is 11.9 Å². The number of nitrogens with one attached hydrogen (secondary N) is 1. The van der Waals surface area contributed by atoms with Gasteiger partial charge in [-0.25, -0.2) is 9.18 Å². The van der Waals surface area contributed by atoms with Gasteiger partial charge in [0, 0.05) is 19.5 Å². The van der Waals surface area contributed by atoms with Gasteiger partial charge in [-0.15, -0.1) is 0 Å². The van der Waals surface area contributed by atoms with Gasteiger partial charge in [-0.3, -0.25) is 9.69 Å². The third-order valence-corrected chi connectivity index (χ3v) is 3.84. The molecule has 1 fully saturated rings. The van der Waals surface area contributed by atoms with Gasteiger partial charge in [-0.1, -0.05) is 12.1 Å². The fourth-order valence-electron chi connectivity index (χ4n) is 2.90. The summed E-state index contributed by atoms with van der Waals surface area (Å²) < 4.78 is 18.0. The number of hydrogen-bond acceptors (Lipinski definition) is 4. The summed E-state index contributed by atoms with van der Waals surface area (Å²) in [5.74, 6) is -0.805. The Morgan fingerprint density at radius 1 is 1.36 bits per heavy atom. The topological polar surface area (TPSA) is 58.6 Å². The average Bonchev–Trinajstić information content (AvgIpc) is 2.49. The zero-order valence-corrected chi connectivity index (χ0v) is 12.8. The Balaban J connectivity index is 2.19. The number of hydrogen-bond donors (Lipinski definition) is 1. The summed E-state index contributed by atoms with van der Waals surface area (Å²) >= 11 is 0. The van der Waals surface area contributed by atoms with E-state index in [4.69, 9.17) is 4.74 Å². The molecule has 2 atom stereocenters. The van der Waals surface area contributed by atoms with Crippen LogP contribution in [0.2, 0.25) is 0 Å². The number of likely N-dealkylation sites (tertiary alicyclic amines) is 1. The van der Waals surface area contributed by atoms with Crippen LogP contribution in [0.1, 0.15) is 31.4 Å². The molecule has 6 heteroatoms. The van der Waals surface area contributed by atoms with Crippen molar-refractivity contribution in [1.82, 2.24) is 10.2 Å². The molecule has 0 aromatic heterocycles. The monoisotopic (exact) mass is 308 g/mol. The first-order valence-corrected chi connectivity index (χ1v) is 7.35. The van der Waals surface area contributed by atoms with Crippen LogP contribution >= 0.6 is 0 Å². The molecule has 0 bridgehead atoms. The van der Waals surface area contributed by atoms with E-state index in [1.807, 2.05) is 4.90 Å². The number of benzene rings is 1. The molecule has 1 heterocycles. The van der Waals surface area contributed by atoms with E-state index < -0.39 is 6.04 Å². The van der Waals surface area contributed by atoms with Crippen molar-refractivity contribution in [2.45, 2.75) is 31.8 Å². The number of nitrogens with zero attached hydrogens (tertiary/aromatic N) is 1. The second-order valence-corrected chi connectivity index (χ2v) is 5.51. The van der Waals surface area contributed by atoms with Crippen molar-refractivity contribution in [1.29, 1.82) is 0 Å². The van der Waals surface area contributed by atoms with Crippen molar-refractivity contribution in [2.75, 3.05) is 20.2 Å². The number of rotatable bonds is 4. The lowest BCUT2D eigenvalue weighted by Gasteiger charge is -2.37. The number of carbonyl (C=O) groups excluding carboxylic acids is 2. The van der Waals surface area contributed by atoms with Gasteiger partial charge in [0.05, 0.1) is 7.11 Å². The fourth-order valence-corrected chi connectivity index (χ4v) is 2.90. The van der Waals surface area contributed by atoms with Crippen LogP contribution < -0.4 is 5.32 Å².